The maximum atomic E-state index is 15.6. The lowest BCUT2D eigenvalue weighted by atomic mass is 10.0. The summed E-state index contributed by atoms with van der Waals surface area (Å²) in [4.78, 5) is 203. The Hall–Kier alpha value is -9.76. The van der Waals surface area contributed by atoms with Crippen LogP contribution in [0.25, 0.3) is 10.9 Å². The largest absolute Gasteiger partial charge is 0.370 e. The normalized spacial score (nSPS) is 24.9. The molecule has 12 amide bonds. The molecular weight excluding hydrogens is 1430 g/mol. The zero-order chi connectivity index (χ0) is 76.1. The van der Waals surface area contributed by atoms with Crippen LogP contribution in [0.1, 0.15) is 100 Å². The molecule has 24 N–H and O–H groups in total. The summed E-state index contributed by atoms with van der Waals surface area (Å²) in [5, 5.41) is 29.5. The van der Waals surface area contributed by atoms with Crippen LogP contribution in [0.2, 0.25) is 0 Å². The Kier molecular flexibility index (Phi) is 32.3. The number of hydrogen-bond acceptors (Lipinski definition) is 21. The number of nitrogens with two attached hydrogens (primary N) is 5. The summed E-state index contributed by atoms with van der Waals surface area (Å²) in [5.74, 6) is -11.4. The Balaban J connectivity index is 1.27. The molecule has 0 saturated carbocycles. The minimum absolute atomic E-state index is 0.00000263. The van der Waals surface area contributed by atoms with E-state index in [1.54, 1.807) is 60.8 Å². The van der Waals surface area contributed by atoms with Gasteiger partial charge in [-0.05, 0) is 114 Å². The number of para-hydroxylation sites is 1. The Bertz CT molecular complexity index is 3810. The Morgan fingerprint density at radius 3 is 1.47 bits per heavy atom. The summed E-state index contributed by atoms with van der Waals surface area (Å²) >= 11 is 1.18. The number of nitrogens with one attached hydrogen (secondary N) is 14. The first-order valence-electron chi connectivity index (χ1n) is 35.3. The number of hydrogen-bond donors (Lipinski definition) is 19. The highest BCUT2D eigenvalue weighted by Crippen LogP contribution is 2.32. The first-order chi connectivity index (χ1) is 51.1. The van der Waals surface area contributed by atoms with E-state index < -0.39 is 148 Å². The molecule has 38 heteroatoms. The molecule has 574 valence electrons. The first-order valence-corrected chi connectivity index (χ1v) is 38.9. The SMILES string of the molecule is C[C@@H]1NC(=O)[C@@H]2CSSC(NC(=O)[C@H](CCCN=C(N)N)NC(=O)[C@H](CCCCN)NC(=O)[C@H](CCCCN)NC(=O)[C@H](CCCCN)NC1=O)C(=O)N1CSC[C@H]1C(=O)N[C@@H](Cc1cnc[nH]1)C(=O)N[C@H](Cc1ccccc1)C(=O)N[C@@H](Cc1cnc[nH]1)C(=O)N[C@@H](Cc1c[nH]c3ccccc13)C(=O)N2. The molecule has 3 aliphatic rings. The van der Waals surface area contributed by atoms with E-state index >= 15 is 38.4 Å². The number of rotatable bonds is 24. The third kappa shape index (κ3) is 24.7. The molecule has 3 aromatic heterocycles. The molecule has 3 aliphatic heterocycles. The molecule has 3 saturated heterocycles. The average Bonchev–Trinajstić information content (AvgIpc) is 1.65. The number of benzene rings is 2. The van der Waals surface area contributed by atoms with Crippen molar-refractivity contribution in [3.05, 3.63) is 108 Å². The maximum Gasteiger partial charge on any atom is 0.257 e. The number of carbonyl (C=O) groups is 12. The number of guanidine groups is 1. The molecule has 0 spiro atoms. The van der Waals surface area contributed by atoms with Gasteiger partial charge in [-0.25, -0.2) is 9.97 Å². The van der Waals surface area contributed by atoms with Crippen LogP contribution in [0.3, 0.4) is 0 Å². The summed E-state index contributed by atoms with van der Waals surface area (Å²) in [6.45, 7) is 2.00. The fraction of sp³-hybridized carbons (Fsp3) is 0.515. The van der Waals surface area contributed by atoms with Crippen molar-refractivity contribution in [2.45, 2.75) is 175 Å². The highest BCUT2D eigenvalue weighted by molar-refractivity contribution is 8.77. The molecule has 5 aromatic rings. The van der Waals surface area contributed by atoms with Crippen LogP contribution in [0.15, 0.2) is 90.8 Å². The van der Waals surface area contributed by atoms with Crippen molar-refractivity contribution in [1.29, 1.82) is 0 Å². The van der Waals surface area contributed by atoms with Gasteiger partial charge in [0.2, 0.25) is 65.0 Å². The highest BCUT2D eigenvalue weighted by Gasteiger charge is 2.43. The summed E-state index contributed by atoms with van der Waals surface area (Å²) in [7, 11) is 1.50. The van der Waals surface area contributed by atoms with Gasteiger partial charge in [-0.3, -0.25) is 62.5 Å². The van der Waals surface area contributed by atoms with Crippen molar-refractivity contribution in [2.75, 3.05) is 43.6 Å². The Labute approximate surface area is 624 Å². The number of aromatic nitrogens is 5. The Morgan fingerprint density at radius 1 is 0.481 bits per heavy atom. The number of aliphatic imine (C=N–C) groups is 1. The molecule has 0 radical (unpaired) electrons. The van der Waals surface area contributed by atoms with Crippen LogP contribution in [-0.4, -0.2) is 222 Å². The van der Waals surface area contributed by atoms with Gasteiger partial charge in [0.05, 0.1) is 18.5 Å². The van der Waals surface area contributed by atoms with Gasteiger partial charge in [0.1, 0.15) is 66.5 Å². The number of amides is 12. The molecule has 35 nitrogen and oxygen atoms in total. The molecular formula is C68H97N23O12S3. The van der Waals surface area contributed by atoms with E-state index in [0.29, 0.717) is 82.7 Å². The minimum Gasteiger partial charge on any atom is -0.370 e. The molecule has 106 heavy (non-hydrogen) atoms. The topological polar surface area (TPSA) is 556 Å². The second-order valence-electron chi connectivity index (χ2n) is 26.0. The van der Waals surface area contributed by atoms with E-state index in [-0.39, 0.29) is 102 Å². The fourth-order valence-corrected chi connectivity index (χ4v) is 15.7. The molecule has 6 heterocycles. The maximum absolute atomic E-state index is 15.6. The number of H-pyrrole nitrogens is 3. The number of nitrogens with zero attached hydrogens (tertiary/aromatic N) is 4. The van der Waals surface area contributed by atoms with Gasteiger partial charge in [-0.2, -0.15) is 0 Å². The number of imidazole rings is 2. The van der Waals surface area contributed by atoms with Crippen molar-refractivity contribution in [3.8, 4) is 0 Å². The van der Waals surface area contributed by atoms with Crippen molar-refractivity contribution < 1.29 is 57.5 Å². The second-order valence-corrected chi connectivity index (χ2v) is 29.5. The molecule has 2 aromatic carbocycles. The van der Waals surface area contributed by atoms with E-state index in [4.69, 9.17) is 28.7 Å². The van der Waals surface area contributed by atoms with Crippen LogP contribution in [0, 0.1) is 0 Å². The minimum atomic E-state index is -1.71. The van der Waals surface area contributed by atoms with Gasteiger partial charge in [-0.15, -0.1) is 11.8 Å². The molecule has 2 bridgehead atoms. The van der Waals surface area contributed by atoms with Crippen LogP contribution in [0.4, 0.5) is 0 Å². The number of unbranched alkanes of at least 4 members (excludes halogenated alkanes) is 3. The second kappa shape index (κ2) is 41.8. The highest BCUT2D eigenvalue weighted by atomic mass is 33.1. The van der Waals surface area contributed by atoms with Gasteiger partial charge in [0.25, 0.3) is 5.91 Å². The van der Waals surface area contributed by atoms with Crippen LogP contribution >= 0.6 is 33.3 Å². The number of carbonyl (C=O) groups excluding carboxylic acids is 12. The molecule has 0 aliphatic carbocycles. The number of aromatic amines is 3. The van der Waals surface area contributed by atoms with Crippen LogP contribution < -0.4 is 87.2 Å². The van der Waals surface area contributed by atoms with E-state index in [2.05, 4.69) is 88.4 Å². The monoisotopic (exact) mass is 1520 g/mol. The molecule has 12 atom stereocenters. The summed E-state index contributed by atoms with van der Waals surface area (Å²) in [5.41, 5.74) is 31.6. The van der Waals surface area contributed by atoms with E-state index in [9.17, 15) is 19.2 Å². The quantitative estimate of drug-likeness (QED) is 0.0126. The van der Waals surface area contributed by atoms with Crippen molar-refractivity contribution in [3.63, 3.8) is 0 Å². The summed E-state index contributed by atoms with van der Waals surface area (Å²) in [6.07, 6.45) is 8.61. The summed E-state index contributed by atoms with van der Waals surface area (Å²) < 4.78 is 0. The van der Waals surface area contributed by atoms with Gasteiger partial charge < -0.3 is 107 Å². The van der Waals surface area contributed by atoms with Crippen LogP contribution in [-0.2, 0) is 83.2 Å². The zero-order valence-corrected chi connectivity index (χ0v) is 61.3. The lowest BCUT2D eigenvalue weighted by Crippen LogP contribution is -2.62. The third-order valence-electron chi connectivity index (χ3n) is 17.9. The average molecular weight is 1520 g/mol. The molecule has 3 fully saturated rings. The molecule has 1 unspecified atom stereocenters. The van der Waals surface area contributed by atoms with Gasteiger partial charge in [-0.1, -0.05) is 70.1 Å². The van der Waals surface area contributed by atoms with Gasteiger partial charge >= 0.3 is 0 Å². The predicted octanol–water partition coefficient (Wildman–Crippen LogP) is -3.05. The van der Waals surface area contributed by atoms with E-state index in [1.807, 2.05) is 0 Å². The van der Waals surface area contributed by atoms with Gasteiger partial charge in [0.15, 0.2) is 11.3 Å². The summed E-state index contributed by atoms with van der Waals surface area (Å²) in [6, 6.07) is -0.170. The van der Waals surface area contributed by atoms with Crippen molar-refractivity contribution in [2.24, 2.45) is 33.7 Å². The van der Waals surface area contributed by atoms with Crippen molar-refractivity contribution >= 4 is 121 Å². The fourth-order valence-electron chi connectivity index (χ4n) is 12.1. The third-order valence-corrected chi connectivity index (χ3v) is 21.5. The lowest BCUT2D eigenvalue weighted by molar-refractivity contribution is -0.140. The zero-order valence-electron chi connectivity index (χ0n) is 58.9. The van der Waals surface area contributed by atoms with Crippen molar-refractivity contribution in [1.82, 2.24) is 88.3 Å². The smallest absolute Gasteiger partial charge is 0.257 e. The predicted molar refractivity (Wildman–Crippen MR) is 400 cm³/mol. The standard InChI is InChI=1S/C68H97N23O12S3/c1-38-55(92)81-45(18-7-10-22-69)56(93)82-46(19-8-11-23-70)57(94)83-47(20-9-12-24-71)58(95)84-48(21-13-25-76-68(72)73)59(96)90-66-67(103)91-37-104-34-54(91)65(102)88-52(29-42-32-75-36-79-42)63(100)85-49(26-39-14-3-2-4-15-39)60(97)87-51(28-41-31-74-35-78-41)62(99)86-50(27-40-30-77-44-17-6-5-16-43(40)44)61(98)89-53(33-105-106-66)64(101)80-38/h2-6,14-17,30-32,35-36,38,45-54,66,77H,7-13,18-29,33-34,37,69-71H2,1H3,(H,74,78)(H,75,79)(H,80,101)(H,81,92)(H,82,93)(H,83,94)(H,84,95)(H,85,100)(H,86,99)(H,87,97)(H,88,102)(H,89,98)(H,90,96)(H4,72,73,76)/t38-,45-,46-,47-,48-,49+,50-,51-,52-,53-,54-,66?/m0/s1. The molecule has 8 rings (SSSR count). The van der Waals surface area contributed by atoms with Crippen LogP contribution in [0.5, 0.6) is 0 Å². The number of thioether (sulfide) groups is 1. The first kappa shape index (κ1) is 81.9. The van der Waals surface area contributed by atoms with E-state index in [0.717, 1.165) is 10.8 Å². The van der Waals surface area contributed by atoms with Gasteiger partial charge in [0, 0.05) is 84.6 Å². The van der Waals surface area contributed by atoms with E-state index in [1.165, 1.54) is 48.6 Å². The lowest BCUT2D eigenvalue weighted by Gasteiger charge is -2.31. The Morgan fingerprint density at radius 2 is 0.943 bits per heavy atom. The number of fused-ring (bicyclic) bond motifs is 6.